The second-order valence-corrected chi connectivity index (χ2v) is 8.98. The number of amides is 2. The highest BCUT2D eigenvalue weighted by molar-refractivity contribution is 8.01. The lowest BCUT2D eigenvalue weighted by Gasteiger charge is -2.49. The third-order valence-electron chi connectivity index (χ3n) is 4.76. The molecule has 4 rings (SSSR count). The summed E-state index contributed by atoms with van der Waals surface area (Å²) in [6.45, 7) is 0. The Morgan fingerprint density at radius 1 is 1.38 bits per heavy atom. The van der Waals surface area contributed by atoms with E-state index in [1.807, 2.05) is 0 Å². The molecule has 0 saturated carbocycles. The van der Waals surface area contributed by atoms with E-state index in [-0.39, 0.29) is 23.1 Å². The molecule has 2 atom stereocenters. The fraction of sp³-hybridized carbons (Fsp3) is 0.263. The highest BCUT2D eigenvalue weighted by Gasteiger charge is 2.54. The first-order chi connectivity index (χ1) is 16.4. The highest BCUT2D eigenvalue weighted by atomic mass is 32.2. The monoisotopic (exact) mass is 502 g/mol. The van der Waals surface area contributed by atoms with E-state index in [0.717, 1.165) is 0 Å². The number of carboxylic acids is 1. The number of aromatic nitrogens is 4. The second kappa shape index (κ2) is 10.0. The molecule has 2 aromatic rings. The fourth-order valence-electron chi connectivity index (χ4n) is 3.29. The van der Waals surface area contributed by atoms with E-state index in [2.05, 4.69) is 30.4 Å². The Hall–Kier alpha value is -3.72. The molecule has 0 aromatic carbocycles. The molecule has 13 nitrogen and oxygen atoms in total. The molecule has 4 N–H and O–H groups in total. The molecule has 15 heteroatoms. The molecule has 176 valence electrons. The molecule has 34 heavy (non-hydrogen) atoms. The van der Waals surface area contributed by atoms with Crippen LogP contribution in [0, 0.1) is 0 Å². The lowest BCUT2D eigenvalue weighted by atomic mass is 10.0. The first-order valence-electron chi connectivity index (χ1n) is 9.70. The van der Waals surface area contributed by atoms with E-state index >= 15 is 0 Å². The summed E-state index contributed by atoms with van der Waals surface area (Å²) in [5.41, 5.74) is 5.88. The lowest BCUT2D eigenvalue weighted by Crippen LogP contribution is -2.71. The van der Waals surface area contributed by atoms with Crippen LogP contribution in [0.25, 0.3) is 0 Å². The Kier molecular flexibility index (Phi) is 6.93. The first-order valence-corrected chi connectivity index (χ1v) is 11.7. The summed E-state index contributed by atoms with van der Waals surface area (Å²) in [7, 11) is 1.25. The Morgan fingerprint density at radius 3 is 2.88 bits per heavy atom. The molecule has 0 aliphatic carbocycles. The number of nitrogens with one attached hydrogen (secondary N) is 1. The summed E-state index contributed by atoms with van der Waals surface area (Å²) < 4.78 is 0. The minimum absolute atomic E-state index is 0.0753. The Labute approximate surface area is 201 Å². The summed E-state index contributed by atoms with van der Waals surface area (Å²) in [5, 5.41) is 16.1. The third kappa shape index (κ3) is 4.65. The molecule has 1 fully saturated rings. The average molecular weight is 503 g/mol. The van der Waals surface area contributed by atoms with Gasteiger partial charge in [0.1, 0.15) is 35.1 Å². The topological polar surface area (TPSA) is 186 Å². The van der Waals surface area contributed by atoms with Gasteiger partial charge in [-0.25, -0.2) is 19.7 Å². The van der Waals surface area contributed by atoms with Gasteiger partial charge in [-0.1, -0.05) is 5.16 Å². The number of carbonyl (C=O) groups is 3. The largest absolute Gasteiger partial charge is 0.477 e. The Balaban J connectivity index is 1.50. The molecule has 2 aliphatic heterocycles. The van der Waals surface area contributed by atoms with Crippen LogP contribution in [-0.4, -0.2) is 83.5 Å². The molecule has 4 heterocycles. The SMILES string of the molecule is CO/N=C(\C(=O)NC1C(=O)N2C(C(=O)O)=C(CSc3cnccn3)CS[C@H]12)c1nccc(N)n1. The van der Waals surface area contributed by atoms with E-state index in [0.29, 0.717) is 22.1 Å². The number of nitrogens with zero attached hydrogens (tertiary/aromatic N) is 6. The number of carbonyl (C=O) groups excluding carboxylic acids is 2. The number of oxime groups is 1. The number of fused-ring (bicyclic) bond motifs is 1. The van der Waals surface area contributed by atoms with Crippen LogP contribution in [-0.2, 0) is 19.2 Å². The molecule has 1 saturated heterocycles. The lowest BCUT2D eigenvalue weighted by molar-refractivity contribution is -0.150. The number of hydrogen-bond acceptors (Lipinski definition) is 12. The maximum Gasteiger partial charge on any atom is 0.352 e. The van der Waals surface area contributed by atoms with Crippen molar-refractivity contribution in [2.24, 2.45) is 5.16 Å². The summed E-state index contributed by atoms with van der Waals surface area (Å²) in [5.74, 6) is -1.77. The third-order valence-corrected chi connectivity index (χ3v) is 7.10. The molecule has 2 aromatic heterocycles. The van der Waals surface area contributed by atoms with E-state index in [4.69, 9.17) is 10.6 Å². The van der Waals surface area contributed by atoms with E-state index in [9.17, 15) is 19.5 Å². The predicted octanol–water partition coefficient (Wildman–Crippen LogP) is -0.270. The van der Waals surface area contributed by atoms with Crippen molar-refractivity contribution >= 4 is 52.8 Å². The quantitative estimate of drug-likeness (QED) is 0.186. The van der Waals surface area contributed by atoms with Crippen molar-refractivity contribution in [3.05, 3.63) is 47.9 Å². The average Bonchev–Trinajstić information content (AvgIpc) is 2.84. The van der Waals surface area contributed by atoms with Gasteiger partial charge in [0, 0.05) is 30.1 Å². The second-order valence-electron chi connectivity index (χ2n) is 6.88. The van der Waals surface area contributed by atoms with E-state index < -0.39 is 29.2 Å². The zero-order chi connectivity index (χ0) is 24.2. The van der Waals surface area contributed by atoms with Crippen LogP contribution in [0.2, 0.25) is 0 Å². The van der Waals surface area contributed by atoms with E-state index in [1.165, 1.54) is 47.8 Å². The summed E-state index contributed by atoms with van der Waals surface area (Å²) in [6.07, 6.45) is 6.02. The minimum atomic E-state index is -1.21. The van der Waals surface area contributed by atoms with Gasteiger partial charge in [-0.05, 0) is 11.6 Å². The molecule has 0 bridgehead atoms. The number of hydrogen-bond donors (Lipinski definition) is 3. The van der Waals surface area contributed by atoms with Crippen molar-refractivity contribution in [1.29, 1.82) is 0 Å². The number of β-lactam (4-membered cyclic amide) rings is 1. The maximum atomic E-state index is 12.9. The number of nitrogens with two attached hydrogens (primary N) is 1. The molecular weight excluding hydrogens is 484 g/mol. The van der Waals surface area contributed by atoms with Crippen molar-refractivity contribution in [1.82, 2.24) is 30.2 Å². The zero-order valence-electron chi connectivity index (χ0n) is 17.6. The molecule has 0 radical (unpaired) electrons. The van der Waals surface area contributed by atoms with E-state index in [1.54, 1.807) is 18.6 Å². The summed E-state index contributed by atoms with van der Waals surface area (Å²) in [4.78, 5) is 59.7. The Morgan fingerprint density at radius 2 is 2.21 bits per heavy atom. The van der Waals surface area contributed by atoms with Crippen molar-refractivity contribution in [2.45, 2.75) is 16.4 Å². The van der Waals surface area contributed by atoms with Gasteiger partial charge in [-0.2, -0.15) is 0 Å². The van der Waals surface area contributed by atoms with Crippen molar-refractivity contribution in [3.63, 3.8) is 0 Å². The highest BCUT2D eigenvalue weighted by Crippen LogP contribution is 2.41. The number of rotatable bonds is 8. The number of nitrogen functional groups attached to an aromatic ring is 1. The van der Waals surface area contributed by atoms with Gasteiger partial charge in [0.2, 0.25) is 5.71 Å². The predicted molar refractivity (Wildman–Crippen MR) is 122 cm³/mol. The van der Waals surface area contributed by atoms with Crippen LogP contribution in [0.3, 0.4) is 0 Å². The van der Waals surface area contributed by atoms with Gasteiger partial charge in [-0.15, -0.1) is 23.5 Å². The molecule has 0 spiro atoms. The molecular formula is C19H18N8O5S2. The smallest absolute Gasteiger partial charge is 0.352 e. The van der Waals surface area contributed by atoms with Crippen LogP contribution >= 0.6 is 23.5 Å². The van der Waals surface area contributed by atoms with Crippen LogP contribution < -0.4 is 11.1 Å². The minimum Gasteiger partial charge on any atom is -0.477 e. The van der Waals surface area contributed by atoms with Gasteiger partial charge < -0.3 is 21.0 Å². The summed E-state index contributed by atoms with van der Waals surface area (Å²) >= 11 is 2.68. The first kappa shape index (κ1) is 23.4. The summed E-state index contributed by atoms with van der Waals surface area (Å²) in [6, 6.07) is 0.488. The standard InChI is InChI=1S/C19H18N8O5S2/c1-32-26-12(15-23-3-2-10(20)24-15)16(28)25-13-17(29)27-14(19(30)31)9(8-34-18(13)27)7-33-11-6-21-4-5-22-11/h2-6,13,18H,7-8H2,1H3,(H,25,28)(H,30,31)(H2,20,23,24)/b26-12-/t13?,18-/m1/s1. The van der Waals surface area contributed by atoms with Crippen molar-refractivity contribution in [3.8, 4) is 0 Å². The molecule has 1 unspecified atom stereocenters. The van der Waals surface area contributed by atoms with Crippen LogP contribution in [0.15, 0.2) is 52.3 Å². The number of thioether (sulfide) groups is 2. The maximum absolute atomic E-state index is 12.9. The number of aliphatic carboxylic acids is 1. The Bertz CT molecular complexity index is 1190. The molecule has 2 aliphatic rings. The van der Waals surface area contributed by atoms with Gasteiger partial charge >= 0.3 is 5.97 Å². The van der Waals surface area contributed by atoms with Crippen LogP contribution in [0.5, 0.6) is 0 Å². The molecule has 2 amide bonds. The van der Waals surface area contributed by atoms with Crippen molar-refractivity contribution < 1.29 is 24.3 Å². The van der Waals surface area contributed by atoms with Crippen LogP contribution in [0.4, 0.5) is 5.82 Å². The van der Waals surface area contributed by atoms with Gasteiger partial charge in [0.25, 0.3) is 11.8 Å². The van der Waals surface area contributed by atoms with Gasteiger partial charge in [-0.3, -0.25) is 19.5 Å². The number of carboxylic acid groups (broad SMARTS) is 1. The van der Waals surface area contributed by atoms with Crippen LogP contribution in [0.1, 0.15) is 5.82 Å². The van der Waals surface area contributed by atoms with Gasteiger partial charge in [0.05, 0.1) is 6.20 Å². The van der Waals surface area contributed by atoms with Gasteiger partial charge in [0.15, 0.2) is 5.82 Å². The number of anilines is 1. The van der Waals surface area contributed by atoms with Crippen molar-refractivity contribution in [2.75, 3.05) is 24.3 Å². The normalized spacial score (nSPS) is 19.9. The fourth-order valence-corrected chi connectivity index (χ4v) is 5.59. The zero-order valence-corrected chi connectivity index (χ0v) is 19.2.